The molecule has 1 aliphatic carbocycles. The van der Waals surface area contributed by atoms with Gasteiger partial charge in [-0.25, -0.2) is 0 Å². The molecule has 1 saturated carbocycles. The van der Waals surface area contributed by atoms with Gasteiger partial charge in [0.25, 0.3) is 0 Å². The van der Waals surface area contributed by atoms with E-state index in [2.05, 4.69) is 0 Å². The van der Waals surface area contributed by atoms with Crippen LogP contribution in [0.1, 0.15) is 37.7 Å². The summed E-state index contributed by atoms with van der Waals surface area (Å²) < 4.78 is 0. The molecule has 0 bridgehead atoms. The SMILES string of the molecule is O.O.O=C(O)[C@H](CC(=O)N1C[C@H]2CCCC[C@H]2C1)Cc1ccccc1.[Ca]. The zero-order valence-corrected chi connectivity index (χ0v) is 17.4. The van der Waals surface area contributed by atoms with Crippen LogP contribution in [0, 0.1) is 17.8 Å². The first-order chi connectivity index (χ1) is 11.1. The Bertz CT molecular complexity index is 554. The summed E-state index contributed by atoms with van der Waals surface area (Å²) in [5.41, 5.74) is 0.975. The number of benzene rings is 1. The fraction of sp³-hybridized carbons (Fsp3) is 0.579. The first kappa shape index (κ1) is 25.3. The van der Waals surface area contributed by atoms with Crippen molar-refractivity contribution < 1.29 is 25.6 Å². The Labute approximate surface area is 184 Å². The molecule has 7 heteroatoms. The zero-order valence-electron chi connectivity index (χ0n) is 15.2. The van der Waals surface area contributed by atoms with E-state index < -0.39 is 11.9 Å². The molecule has 1 heterocycles. The molecule has 0 spiro atoms. The van der Waals surface area contributed by atoms with Crippen LogP contribution in [0.25, 0.3) is 0 Å². The third-order valence-electron chi connectivity index (χ3n) is 5.42. The molecule has 1 aromatic carbocycles. The quantitative estimate of drug-likeness (QED) is 0.752. The summed E-state index contributed by atoms with van der Waals surface area (Å²) in [6, 6.07) is 9.56. The van der Waals surface area contributed by atoms with Gasteiger partial charge in [0, 0.05) is 57.2 Å². The topological polar surface area (TPSA) is 121 Å². The number of likely N-dealkylation sites (tertiary alicyclic amines) is 1. The average molecular weight is 392 g/mol. The van der Waals surface area contributed by atoms with E-state index in [9.17, 15) is 14.7 Å². The predicted molar refractivity (Wildman–Crippen MR) is 101 cm³/mol. The molecule has 6 nitrogen and oxygen atoms in total. The van der Waals surface area contributed by atoms with Crippen molar-refractivity contribution in [3.05, 3.63) is 35.9 Å². The second-order valence-electron chi connectivity index (χ2n) is 7.03. The summed E-state index contributed by atoms with van der Waals surface area (Å²) in [4.78, 5) is 26.0. The van der Waals surface area contributed by atoms with Gasteiger partial charge in [0.15, 0.2) is 0 Å². The number of carboxylic acids is 1. The summed E-state index contributed by atoms with van der Waals surface area (Å²) in [5, 5.41) is 9.46. The number of carbonyl (C=O) groups excluding carboxylic acids is 1. The molecule has 2 radical (unpaired) electrons. The summed E-state index contributed by atoms with van der Waals surface area (Å²) in [7, 11) is 0. The molecule has 26 heavy (non-hydrogen) atoms. The molecule has 1 saturated heterocycles. The number of hydrogen-bond acceptors (Lipinski definition) is 2. The fourth-order valence-electron chi connectivity index (χ4n) is 4.09. The van der Waals surface area contributed by atoms with Gasteiger partial charge in [0.05, 0.1) is 5.92 Å². The van der Waals surface area contributed by atoms with Crippen LogP contribution in [-0.2, 0) is 16.0 Å². The van der Waals surface area contributed by atoms with E-state index in [-0.39, 0.29) is 61.0 Å². The van der Waals surface area contributed by atoms with Crippen molar-refractivity contribution >= 4 is 49.6 Å². The monoisotopic (exact) mass is 391 g/mol. The van der Waals surface area contributed by atoms with Gasteiger partial charge < -0.3 is 21.0 Å². The fourth-order valence-corrected chi connectivity index (χ4v) is 4.09. The number of fused-ring (bicyclic) bond motifs is 1. The van der Waals surface area contributed by atoms with Crippen LogP contribution in [0.15, 0.2) is 30.3 Å². The number of nitrogens with zero attached hydrogens (tertiary/aromatic N) is 1. The predicted octanol–water partition coefficient (Wildman–Crippen LogP) is 0.938. The van der Waals surface area contributed by atoms with Gasteiger partial charge >= 0.3 is 5.97 Å². The Balaban J connectivity index is 0.00000208. The Morgan fingerprint density at radius 3 is 2.08 bits per heavy atom. The van der Waals surface area contributed by atoms with Gasteiger partial charge in [-0.05, 0) is 36.7 Å². The number of hydrogen-bond donors (Lipinski definition) is 1. The van der Waals surface area contributed by atoms with Crippen LogP contribution in [0.3, 0.4) is 0 Å². The number of carbonyl (C=O) groups is 2. The van der Waals surface area contributed by atoms with E-state index in [1.165, 1.54) is 25.7 Å². The van der Waals surface area contributed by atoms with E-state index in [0.717, 1.165) is 18.7 Å². The van der Waals surface area contributed by atoms with Crippen molar-refractivity contribution in [2.45, 2.75) is 38.5 Å². The van der Waals surface area contributed by atoms with E-state index in [1.54, 1.807) is 0 Å². The second kappa shape index (κ2) is 11.9. The maximum Gasteiger partial charge on any atom is 0.307 e. The van der Waals surface area contributed by atoms with Crippen LogP contribution >= 0.6 is 0 Å². The van der Waals surface area contributed by atoms with Gasteiger partial charge in [-0.2, -0.15) is 0 Å². The van der Waals surface area contributed by atoms with Crippen molar-refractivity contribution in [2.75, 3.05) is 13.1 Å². The van der Waals surface area contributed by atoms with E-state index in [1.807, 2.05) is 35.2 Å². The molecule has 2 fully saturated rings. The van der Waals surface area contributed by atoms with Crippen molar-refractivity contribution in [1.29, 1.82) is 0 Å². The third-order valence-corrected chi connectivity index (χ3v) is 5.42. The maximum absolute atomic E-state index is 12.6. The molecular formula is C19H29CaNO5. The number of aliphatic carboxylic acids is 1. The molecule has 1 aromatic rings. The Morgan fingerprint density at radius 2 is 1.58 bits per heavy atom. The van der Waals surface area contributed by atoms with E-state index >= 15 is 0 Å². The Morgan fingerprint density at radius 1 is 1.04 bits per heavy atom. The summed E-state index contributed by atoms with van der Waals surface area (Å²) in [6.45, 7) is 1.67. The van der Waals surface area contributed by atoms with Crippen molar-refractivity contribution in [1.82, 2.24) is 4.90 Å². The first-order valence-electron chi connectivity index (χ1n) is 8.68. The largest absolute Gasteiger partial charge is 0.481 e. The van der Waals surface area contributed by atoms with Crippen LogP contribution in [0.2, 0.25) is 0 Å². The average Bonchev–Trinajstić information content (AvgIpc) is 2.99. The summed E-state index contributed by atoms with van der Waals surface area (Å²) >= 11 is 0. The minimum Gasteiger partial charge on any atom is -0.481 e. The molecule has 5 N–H and O–H groups in total. The smallest absolute Gasteiger partial charge is 0.307 e. The Kier molecular flexibility index (Phi) is 11.6. The Hall–Kier alpha value is -0.660. The summed E-state index contributed by atoms with van der Waals surface area (Å²) in [5.74, 6) is -0.204. The van der Waals surface area contributed by atoms with Crippen LogP contribution < -0.4 is 0 Å². The van der Waals surface area contributed by atoms with E-state index in [0.29, 0.717) is 18.3 Å². The molecule has 1 amide bonds. The number of amides is 1. The van der Waals surface area contributed by atoms with Gasteiger partial charge in [-0.15, -0.1) is 0 Å². The standard InChI is InChI=1S/C19H25NO3.Ca.2H2O/c21-18(20-12-15-8-4-5-9-16(15)13-20)11-17(19(22)23)10-14-6-2-1-3-7-14;;;/h1-3,6-7,15-17H,4-5,8-13H2,(H,22,23);;2*1H2/t15-,16+,17-;;;/m0.../s1. The molecule has 2 aliphatic rings. The molecule has 0 unspecified atom stereocenters. The first-order valence-corrected chi connectivity index (χ1v) is 8.68. The maximum atomic E-state index is 12.6. The van der Waals surface area contributed by atoms with E-state index in [4.69, 9.17) is 0 Å². The van der Waals surface area contributed by atoms with Crippen molar-refractivity contribution in [3.63, 3.8) is 0 Å². The summed E-state index contributed by atoms with van der Waals surface area (Å²) in [6.07, 6.45) is 5.53. The molecule has 142 valence electrons. The van der Waals surface area contributed by atoms with Gasteiger partial charge in [-0.3, -0.25) is 9.59 Å². The molecule has 3 atom stereocenters. The van der Waals surface area contributed by atoms with Gasteiger partial charge in [0.2, 0.25) is 5.91 Å². The molecule has 3 rings (SSSR count). The van der Waals surface area contributed by atoms with Crippen molar-refractivity contribution in [2.24, 2.45) is 17.8 Å². The van der Waals surface area contributed by atoms with Crippen molar-refractivity contribution in [3.8, 4) is 0 Å². The number of carboxylic acid groups (broad SMARTS) is 1. The normalized spacial score (nSPS) is 22.1. The zero-order chi connectivity index (χ0) is 16.2. The van der Waals surface area contributed by atoms with Gasteiger partial charge in [0.1, 0.15) is 0 Å². The second-order valence-corrected chi connectivity index (χ2v) is 7.03. The number of rotatable bonds is 5. The molecule has 0 aromatic heterocycles. The minimum absolute atomic E-state index is 0. The molecule has 1 aliphatic heterocycles. The van der Waals surface area contributed by atoms with Crippen LogP contribution in [0.5, 0.6) is 0 Å². The van der Waals surface area contributed by atoms with Crippen LogP contribution in [-0.4, -0.2) is 83.7 Å². The minimum atomic E-state index is -0.876. The molecular weight excluding hydrogens is 362 g/mol. The third kappa shape index (κ3) is 6.50. The van der Waals surface area contributed by atoms with Gasteiger partial charge in [-0.1, -0.05) is 43.2 Å². The van der Waals surface area contributed by atoms with Crippen LogP contribution in [0.4, 0.5) is 0 Å².